The number of carbonyl (C=O) groups is 1. The van der Waals surface area contributed by atoms with Gasteiger partial charge in [0.2, 0.25) is 0 Å². The first-order chi connectivity index (χ1) is 7.61. The molecule has 0 saturated heterocycles. The first-order valence-electron chi connectivity index (χ1n) is 4.76. The molecule has 0 saturated carbocycles. The lowest BCUT2D eigenvalue weighted by molar-refractivity contribution is -0.132. The predicted octanol–water partition coefficient (Wildman–Crippen LogP) is 2.24. The highest BCUT2D eigenvalue weighted by molar-refractivity contribution is 5.97. The molecule has 1 rings (SSSR count). The highest BCUT2D eigenvalue weighted by atomic mass is 16.4. The van der Waals surface area contributed by atoms with Gasteiger partial charge in [-0.1, -0.05) is 25.1 Å². The highest BCUT2D eigenvalue weighted by Gasteiger charge is 2.16. The normalized spacial score (nSPS) is 11.8. The Bertz CT molecular complexity index is 452. The molecular formula is C11H12N2O3. The topological polar surface area (TPSA) is 92.7 Å². The summed E-state index contributed by atoms with van der Waals surface area (Å²) >= 11 is 0. The lowest BCUT2D eigenvalue weighted by Gasteiger charge is -2.06. The van der Waals surface area contributed by atoms with Crippen LogP contribution in [0, 0.1) is 4.91 Å². The number of benzene rings is 1. The summed E-state index contributed by atoms with van der Waals surface area (Å²) < 4.78 is 0. The second-order valence-corrected chi connectivity index (χ2v) is 3.16. The molecule has 0 fully saturated rings. The number of carboxylic acids is 1. The summed E-state index contributed by atoms with van der Waals surface area (Å²) in [7, 11) is 0. The van der Waals surface area contributed by atoms with Crippen molar-refractivity contribution >= 4 is 17.4 Å². The number of nitroso groups, excluding NO2 is 1. The van der Waals surface area contributed by atoms with E-state index in [9.17, 15) is 9.70 Å². The average molecular weight is 220 g/mol. The first kappa shape index (κ1) is 11.9. The molecule has 16 heavy (non-hydrogen) atoms. The van der Waals surface area contributed by atoms with Gasteiger partial charge in [0.25, 0.3) is 0 Å². The number of nitrogens with zero attached hydrogens (tertiary/aromatic N) is 1. The predicted molar refractivity (Wildman–Crippen MR) is 61.5 cm³/mol. The molecule has 0 aromatic heterocycles. The van der Waals surface area contributed by atoms with E-state index in [4.69, 9.17) is 10.8 Å². The Kier molecular flexibility index (Phi) is 3.77. The molecule has 1 aromatic rings. The molecule has 1 aromatic carbocycles. The summed E-state index contributed by atoms with van der Waals surface area (Å²) in [5, 5.41) is 11.7. The van der Waals surface area contributed by atoms with Crippen molar-refractivity contribution in [2.45, 2.75) is 13.3 Å². The van der Waals surface area contributed by atoms with Gasteiger partial charge in [-0.05, 0) is 17.7 Å². The molecule has 0 aliphatic rings. The summed E-state index contributed by atoms with van der Waals surface area (Å²) in [6.07, 6.45) is 0.213. The third-order valence-corrected chi connectivity index (χ3v) is 2.20. The summed E-state index contributed by atoms with van der Waals surface area (Å²) in [6, 6.07) is 6.54. The van der Waals surface area contributed by atoms with Crippen molar-refractivity contribution in [3.05, 3.63) is 40.3 Å². The van der Waals surface area contributed by atoms with Crippen LogP contribution in [-0.4, -0.2) is 11.1 Å². The number of para-hydroxylation sites is 1. The van der Waals surface area contributed by atoms with Crippen LogP contribution in [0.1, 0.15) is 18.9 Å². The van der Waals surface area contributed by atoms with Crippen molar-refractivity contribution in [2.75, 3.05) is 5.73 Å². The van der Waals surface area contributed by atoms with Crippen molar-refractivity contribution in [2.24, 2.45) is 5.18 Å². The number of aliphatic carboxylic acids is 1. The molecule has 3 N–H and O–H groups in total. The molecule has 5 heteroatoms. The van der Waals surface area contributed by atoms with Crippen LogP contribution in [0.3, 0.4) is 0 Å². The summed E-state index contributed by atoms with van der Waals surface area (Å²) in [6.45, 7) is 1.65. The van der Waals surface area contributed by atoms with Gasteiger partial charge in [-0.25, -0.2) is 4.79 Å². The van der Waals surface area contributed by atoms with Crippen LogP contribution in [0.2, 0.25) is 0 Å². The van der Waals surface area contributed by atoms with Gasteiger partial charge in [0.15, 0.2) is 0 Å². The van der Waals surface area contributed by atoms with E-state index < -0.39 is 5.97 Å². The Morgan fingerprint density at radius 2 is 2.06 bits per heavy atom. The zero-order chi connectivity index (χ0) is 12.1. The highest BCUT2D eigenvalue weighted by Crippen LogP contribution is 2.26. The molecule has 0 heterocycles. The SMILES string of the molecule is CCC(C(=O)O)=C(N=O)c1ccccc1N. The van der Waals surface area contributed by atoms with Crippen molar-refractivity contribution in [1.29, 1.82) is 0 Å². The van der Waals surface area contributed by atoms with Crippen molar-refractivity contribution in [3.8, 4) is 0 Å². The zero-order valence-corrected chi connectivity index (χ0v) is 8.80. The maximum atomic E-state index is 10.9. The van der Waals surface area contributed by atoms with E-state index in [-0.39, 0.29) is 17.7 Å². The van der Waals surface area contributed by atoms with E-state index in [1.807, 2.05) is 0 Å². The van der Waals surface area contributed by atoms with E-state index in [1.165, 1.54) is 0 Å². The van der Waals surface area contributed by atoms with Gasteiger partial charge >= 0.3 is 5.97 Å². The number of nitrogen functional groups attached to an aromatic ring is 1. The molecule has 0 bridgehead atoms. The number of rotatable bonds is 4. The molecule has 0 amide bonds. The van der Waals surface area contributed by atoms with Gasteiger partial charge in [-0.3, -0.25) is 0 Å². The Balaban J connectivity index is 3.42. The zero-order valence-electron chi connectivity index (χ0n) is 8.80. The Hall–Kier alpha value is -2.17. The van der Waals surface area contributed by atoms with E-state index in [0.29, 0.717) is 11.3 Å². The fourth-order valence-corrected chi connectivity index (χ4v) is 1.40. The molecule has 84 valence electrons. The van der Waals surface area contributed by atoms with Crippen molar-refractivity contribution in [1.82, 2.24) is 0 Å². The maximum absolute atomic E-state index is 10.9. The second-order valence-electron chi connectivity index (χ2n) is 3.16. The number of anilines is 1. The van der Waals surface area contributed by atoms with Crippen molar-refractivity contribution < 1.29 is 9.90 Å². The molecule has 0 aliphatic heterocycles. The van der Waals surface area contributed by atoms with Crippen LogP contribution in [-0.2, 0) is 4.79 Å². The Labute approximate surface area is 92.6 Å². The van der Waals surface area contributed by atoms with Crippen molar-refractivity contribution in [3.63, 3.8) is 0 Å². The van der Waals surface area contributed by atoms with Crippen LogP contribution in [0.5, 0.6) is 0 Å². The van der Waals surface area contributed by atoms with Gasteiger partial charge in [0.1, 0.15) is 5.70 Å². The fourth-order valence-electron chi connectivity index (χ4n) is 1.40. The van der Waals surface area contributed by atoms with E-state index in [1.54, 1.807) is 31.2 Å². The Morgan fingerprint density at radius 3 is 2.50 bits per heavy atom. The van der Waals surface area contributed by atoms with Gasteiger partial charge in [-0.15, -0.1) is 4.91 Å². The fraction of sp³-hybridized carbons (Fsp3) is 0.182. The van der Waals surface area contributed by atoms with E-state index in [2.05, 4.69) is 5.18 Å². The summed E-state index contributed by atoms with van der Waals surface area (Å²) in [5.74, 6) is -1.15. The molecule has 0 aliphatic carbocycles. The smallest absolute Gasteiger partial charge is 0.333 e. The number of carboxylic acid groups (broad SMARTS) is 1. The third kappa shape index (κ3) is 2.25. The number of hydrogen-bond acceptors (Lipinski definition) is 4. The monoisotopic (exact) mass is 220 g/mol. The van der Waals surface area contributed by atoms with Gasteiger partial charge in [0, 0.05) is 11.3 Å². The van der Waals surface area contributed by atoms with E-state index >= 15 is 0 Å². The van der Waals surface area contributed by atoms with Crippen LogP contribution in [0.15, 0.2) is 35.0 Å². The molecule has 0 unspecified atom stereocenters. The van der Waals surface area contributed by atoms with Gasteiger partial charge < -0.3 is 10.8 Å². The lowest BCUT2D eigenvalue weighted by Crippen LogP contribution is -2.04. The second kappa shape index (κ2) is 5.06. The molecule has 0 spiro atoms. The quantitative estimate of drug-likeness (QED) is 0.462. The first-order valence-corrected chi connectivity index (χ1v) is 4.76. The van der Waals surface area contributed by atoms with Gasteiger partial charge in [0.05, 0.1) is 5.57 Å². The van der Waals surface area contributed by atoms with Gasteiger partial charge in [-0.2, -0.15) is 0 Å². The minimum Gasteiger partial charge on any atom is -0.478 e. The summed E-state index contributed by atoms with van der Waals surface area (Å²) in [5.41, 5.74) is 6.22. The van der Waals surface area contributed by atoms with Crippen LogP contribution in [0.4, 0.5) is 5.69 Å². The molecule has 0 atom stereocenters. The number of nitrogens with two attached hydrogens (primary N) is 1. The molecule has 5 nitrogen and oxygen atoms in total. The largest absolute Gasteiger partial charge is 0.478 e. The minimum absolute atomic E-state index is 0.0344. The third-order valence-electron chi connectivity index (χ3n) is 2.20. The summed E-state index contributed by atoms with van der Waals surface area (Å²) in [4.78, 5) is 21.7. The standard InChI is InChI=1S/C11H12N2O3/c1-2-7(11(14)15)10(13-16)8-5-3-4-6-9(8)12/h3-6H,2,12H2,1H3,(H,14,15). The minimum atomic E-state index is -1.15. The van der Waals surface area contributed by atoms with E-state index in [0.717, 1.165) is 0 Å². The van der Waals surface area contributed by atoms with Crippen LogP contribution >= 0.6 is 0 Å². The van der Waals surface area contributed by atoms with Crippen LogP contribution in [0.25, 0.3) is 5.70 Å². The molecule has 0 radical (unpaired) electrons. The number of hydrogen-bond donors (Lipinski definition) is 2. The lowest BCUT2D eigenvalue weighted by atomic mass is 10.0. The van der Waals surface area contributed by atoms with Crippen LogP contribution < -0.4 is 5.73 Å². The average Bonchev–Trinajstić information content (AvgIpc) is 2.26. The Morgan fingerprint density at radius 1 is 1.44 bits per heavy atom. The maximum Gasteiger partial charge on any atom is 0.333 e. The molecular weight excluding hydrogens is 208 g/mol.